The summed E-state index contributed by atoms with van der Waals surface area (Å²) in [4.78, 5) is 19.2. The molecule has 2 amide bonds. The third-order valence-corrected chi connectivity index (χ3v) is 5.41. The first kappa shape index (κ1) is 17.3. The van der Waals surface area contributed by atoms with E-state index in [0.717, 1.165) is 23.7 Å². The van der Waals surface area contributed by atoms with E-state index in [-0.39, 0.29) is 17.5 Å². The number of urea groups is 1. The number of nitrogens with one attached hydrogen (secondary N) is 1. The number of piperidine rings is 1. The van der Waals surface area contributed by atoms with E-state index in [0.29, 0.717) is 12.0 Å². The van der Waals surface area contributed by atoms with Gasteiger partial charge in [-0.2, -0.15) is 0 Å². The molecule has 0 aliphatic carbocycles. The second kappa shape index (κ2) is 6.57. The van der Waals surface area contributed by atoms with E-state index in [9.17, 15) is 4.79 Å². The second-order valence-electron chi connectivity index (χ2n) is 7.68. The van der Waals surface area contributed by atoms with E-state index in [1.807, 2.05) is 11.8 Å². The highest BCUT2D eigenvalue weighted by Gasteiger charge is 2.28. The number of rotatable bonds is 2. The fourth-order valence-electron chi connectivity index (χ4n) is 2.73. The largest absolute Gasteiger partial charge is 0.329 e. The smallest absolute Gasteiger partial charge is 0.318 e. The fourth-order valence-corrected chi connectivity index (χ4v) is 3.79. The van der Waals surface area contributed by atoms with Crippen molar-refractivity contribution in [2.75, 3.05) is 6.54 Å². The quantitative estimate of drug-likeness (QED) is 0.880. The monoisotopic (exact) mass is 323 g/mol. The van der Waals surface area contributed by atoms with Gasteiger partial charge in [0.25, 0.3) is 0 Å². The Labute approximate surface area is 138 Å². The minimum absolute atomic E-state index is 0.0408. The van der Waals surface area contributed by atoms with Crippen LogP contribution in [0.5, 0.6) is 0 Å². The Morgan fingerprint density at radius 2 is 2.09 bits per heavy atom. The summed E-state index contributed by atoms with van der Waals surface area (Å²) in [6, 6.07) is 0.321. The molecule has 3 atom stereocenters. The average molecular weight is 324 g/mol. The molecule has 5 heteroatoms. The number of thiazole rings is 1. The van der Waals surface area contributed by atoms with Crippen molar-refractivity contribution in [1.29, 1.82) is 0 Å². The van der Waals surface area contributed by atoms with Crippen LogP contribution < -0.4 is 5.32 Å². The molecule has 1 aliphatic rings. The van der Waals surface area contributed by atoms with Crippen molar-refractivity contribution in [2.45, 2.75) is 71.9 Å². The Bertz CT molecular complexity index is 520. The summed E-state index contributed by atoms with van der Waals surface area (Å²) in [7, 11) is 0. The van der Waals surface area contributed by atoms with Crippen LogP contribution >= 0.6 is 11.3 Å². The van der Waals surface area contributed by atoms with Crippen LogP contribution in [0.1, 0.15) is 71.1 Å². The van der Waals surface area contributed by atoms with Crippen molar-refractivity contribution in [3.05, 3.63) is 16.1 Å². The van der Waals surface area contributed by atoms with Crippen LogP contribution in [0.2, 0.25) is 0 Å². The Morgan fingerprint density at radius 3 is 2.68 bits per heavy atom. The van der Waals surface area contributed by atoms with E-state index in [1.165, 1.54) is 6.42 Å². The molecule has 1 fully saturated rings. The van der Waals surface area contributed by atoms with Gasteiger partial charge < -0.3 is 10.2 Å². The zero-order valence-corrected chi connectivity index (χ0v) is 15.5. The molecule has 1 N–H and O–H groups in total. The molecule has 0 spiro atoms. The molecule has 0 unspecified atom stereocenters. The number of nitrogens with zero attached hydrogens (tertiary/aromatic N) is 2. The van der Waals surface area contributed by atoms with Gasteiger partial charge in [-0.05, 0) is 32.6 Å². The summed E-state index contributed by atoms with van der Waals surface area (Å²) in [6.07, 6.45) is 2.30. The number of likely N-dealkylation sites (tertiary alicyclic amines) is 1. The lowest BCUT2D eigenvalue weighted by Crippen LogP contribution is -2.50. The maximum atomic E-state index is 12.5. The zero-order chi connectivity index (χ0) is 16.5. The highest BCUT2D eigenvalue weighted by molar-refractivity contribution is 7.09. The van der Waals surface area contributed by atoms with Crippen LogP contribution in [0, 0.1) is 5.92 Å². The summed E-state index contributed by atoms with van der Waals surface area (Å²) in [5, 5.41) is 6.20. The number of aromatic nitrogens is 1. The lowest BCUT2D eigenvalue weighted by molar-refractivity contribution is 0.134. The minimum atomic E-state index is -0.0435. The van der Waals surface area contributed by atoms with Gasteiger partial charge in [-0.15, -0.1) is 11.3 Å². The van der Waals surface area contributed by atoms with Gasteiger partial charge in [0.05, 0.1) is 11.7 Å². The van der Waals surface area contributed by atoms with Gasteiger partial charge in [-0.25, -0.2) is 9.78 Å². The first-order valence-electron chi connectivity index (χ1n) is 8.21. The lowest BCUT2D eigenvalue weighted by Gasteiger charge is -2.37. The third kappa shape index (κ3) is 4.00. The molecule has 2 heterocycles. The van der Waals surface area contributed by atoms with Crippen molar-refractivity contribution in [3.63, 3.8) is 0 Å². The van der Waals surface area contributed by atoms with E-state index < -0.39 is 0 Å². The van der Waals surface area contributed by atoms with Crippen LogP contribution in [-0.4, -0.2) is 28.5 Å². The number of hydrogen-bond donors (Lipinski definition) is 1. The number of amides is 2. The molecule has 2 rings (SSSR count). The molecule has 1 aromatic rings. The SMILES string of the molecule is C[C@@H]1CC[C@@H](C)N(C(=O)N[C@H](C)c2nc(C(C)(C)C)cs2)C1. The molecule has 124 valence electrons. The molecule has 1 aliphatic heterocycles. The zero-order valence-electron chi connectivity index (χ0n) is 14.6. The Hall–Kier alpha value is -1.10. The first-order valence-corrected chi connectivity index (χ1v) is 9.09. The van der Waals surface area contributed by atoms with E-state index >= 15 is 0 Å². The normalized spacial score (nSPS) is 24.2. The van der Waals surface area contributed by atoms with Crippen molar-refractivity contribution in [3.8, 4) is 0 Å². The van der Waals surface area contributed by atoms with Gasteiger partial charge in [0, 0.05) is 23.4 Å². The van der Waals surface area contributed by atoms with Crippen LogP contribution in [0.3, 0.4) is 0 Å². The van der Waals surface area contributed by atoms with Crippen LogP contribution in [0.15, 0.2) is 5.38 Å². The van der Waals surface area contributed by atoms with Crippen LogP contribution in [0.4, 0.5) is 4.79 Å². The highest BCUT2D eigenvalue weighted by Crippen LogP contribution is 2.27. The van der Waals surface area contributed by atoms with Gasteiger partial charge >= 0.3 is 6.03 Å². The van der Waals surface area contributed by atoms with Crippen molar-refractivity contribution in [1.82, 2.24) is 15.2 Å². The number of hydrogen-bond acceptors (Lipinski definition) is 3. The second-order valence-corrected chi connectivity index (χ2v) is 8.57. The van der Waals surface area contributed by atoms with E-state index in [2.05, 4.69) is 45.3 Å². The van der Waals surface area contributed by atoms with Gasteiger partial charge in [0.1, 0.15) is 5.01 Å². The van der Waals surface area contributed by atoms with Gasteiger partial charge in [-0.1, -0.05) is 27.7 Å². The van der Waals surface area contributed by atoms with Crippen LogP contribution in [0.25, 0.3) is 0 Å². The molecule has 1 saturated heterocycles. The van der Waals surface area contributed by atoms with Crippen molar-refractivity contribution < 1.29 is 4.79 Å². The molecule has 0 bridgehead atoms. The molecular weight excluding hydrogens is 294 g/mol. The molecule has 0 saturated carbocycles. The Morgan fingerprint density at radius 1 is 1.41 bits per heavy atom. The standard InChI is InChI=1S/C17H29N3OS/c1-11-7-8-12(2)20(9-11)16(21)18-13(3)15-19-14(10-22-15)17(4,5)6/h10-13H,7-9H2,1-6H3,(H,18,21)/t11-,12-,13-/m1/s1. The predicted octanol–water partition coefficient (Wildman–Crippen LogP) is 4.33. The maximum absolute atomic E-state index is 12.5. The molecule has 22 heavy (non-hydrogen) atoms. The summed E-state index contributed by atoms with van der Waals surface area (Å²) in [5.74, 6) is 0.588. The Balaban J connectivity index is 2.00. The molecule has 0 aromatic carbocycles. The third-order valence-electron chi connectivity index (χ3n) is 4.38. The van der Waals surface area contributed by atoms with Gasteiger partial charge in [0.15, 0.2) is 0 Å². The molecule has 0 radical (unpaired) electrons. The molecule has 4 nitrogen and oxygen atoms in total. The average Bonchev–Trinajstić information content (AvgIpc) is 2.91. The minimum Gasteiger partial charge on any atom is -0.329 e. The van der Waals surface area contributed by atoms with Gasteiger partial charge in [0.2, 0.25) is 0 Å². The van der Waals surface area contributed by atoms with Crippen LogP contribution in [-0.2, 0) is 5.41 Å². The van der Waals surface area contributed by atoms with Crippen molar-refractivity contribution in [2.24, 2.45) is 5.92 Å². The summed E-state index contributed by atoms with van der Waals surface area (Å²) in [6.45, 7) is 13.7. The number of carbonyl (C=O) groups is 1. The summed E-state index contributed by atoms with van der Waals surface area (Å²) < 4.78 is 0. The van der Waals surface area contributed by atoms with E-state index in [1.54, 1.807) is 11.3 Å². The molecule has 1 aromatic heterocycles. The number of carbonyl (C=O) groups excluding carboxylic acids is 1. The topological polar surface area (TPSA) is 45.2 Å². The summed E-state index contributed by atoms with van der Waals surface area (Å²) >= 11 is 1.63. The maximum Gasteiger partial charge on any atom is 0.318 e. The first-order chi connectivity index (χ1) is 10.2. The summed E-state index contributed by atoms with van der Waals surface area (Å²) in [5.41, 5.74) is 1.14. The lowest BCUT2D eigenvalue weighted by atomic mass is 9.93. The van der Waals surface area contributed by atoms with E-state index in [4.69, 9.17) is 4.98 Å². The Kier molecular flexibility index (Phi) is 5.15. The predicted molar refractivity (Wildman–Crippen MR) is 92.3 cm³/mol. The van der Waals surface area contributed by atoms with Gasteiger partial charge in [-0.3, -0.25) is 0 Å². The fraction of sp³-hybridized carbons (Fsp3) is 0.765. The molecular formula is C17H29N3OS. The van der Waals surface area contributed by atoms with Crippen molar-refractivity contribution >= 4 is 17.4 Å². The highest BCUT2D eigenvalue weighted by atomic mass is 32.1.